The molecule has 2 fully saturated rings. The Balaban J connectivity index is 1.81. The molecule has 0 aromatic carbocycles. The summed E-state index contributed by atoms with van der Waals surface area (Å²) < 4.78 is 0. The third kappa shape index (κ3) is 3.67. The fraction of sp³-hybridized carbons (Fsp3) is 1.00. The van der Waals surface area contributed by atoms with Crippen LogP contribution in [0.5, 0.6) is 0 Å². The SMILES string of the molecule is CN(CC1(O)CCCCC1)C1CCC(N)CC1. The minimum atomic E-state index is -0.410. The van der Waals surface area contributed by atoms with E-state index in [2.05, 4.69) is 11.9 Å². The second-order valence-corrected chi connectivity index (χ2v) is 6.27. The highest BCUT2D eigenvalue weighted by Crippen LogP contribution is 2.30. The van der Waals surface area contributed by atoms with E-state index in [9.17, 15) is 5.11 Å². The standard InChI is InChI=1S/C14H28N2O/c1-16(13-7-5-12(15)6-8-13)11-14(17)9-3-2-4-10-14/h12-13,17H,2-11,15H2,1H3. The predicted octanol–water partition coefficient (Wildman–Crippen LogP) is 1.88. The maximum atomic E-state index is 10.6. The molecule has 2 aliphatic carbocycles. The molecule has 0 heterocycles. The minimum absolute atomic E-state index is 0.410. The van der Waals surface area contributed by atoms with Gasteiger partial charge in [-0.3, -0.25) is 0 Å². The van der Waals surface area contributed by atoms with E-state index in [4.69, 9.17) is 5.73 Å². The zero-order chi connectivity index (χ0) is 12.3. The van der Waals surface area contributed by atoms with Gasteiger partial charge in [0.1, 0.15) is 0 Å². The van der Waals surface area contributed by atoms with Crippen molar-refractivity contribution in [3.8, 4) is 0 Å². The highest BCUT2D eigenvalue weighted by Gasteiger charge is 2.33. The fourth-order valence-corrected chi connectivity index (χ4v) is 3.50. The Kier molecular flexibility index (Phi) is 4.45. The van der Waals surface area contributed by atoms with Crippen LogP contribution in [-0.4, -0.2) is 41.3 Å². The van der Waals surface area contributed by atoms with Crippen molar-refractivity contribution in [3.63, 3.8) is 0 Å². The summed E-state index contributed by atoms with van der Waals surface area (Å²) in [6, 6.07) is 1.05. The molecule has 0 atom stereocenters. The lowest BCUT2D eigenvalue weighted by atomic mass is 9.83. The van der Waals surface area contributed by atoms with Gasteiger partial charge in [-0.1, -0.05) is 19.3 Å². The molecular weight excluding hydrogens is 212 g/mol. The zero-order valence-corrected chi connectivity index (χ0v) is 11.2. The molecule has 0 aromatic rings. The molecule has 0 aliphatic heterocycles. The van der Waals surface area contributed by atoms with E-state index < -0.39 is 5.60 Å². The van der Waals surface area contributed by atoms with E-state index in [1.165, 1.54) is 32.1 Å². The maximum Gasteiger partial charge on any atom is 0.0774 e. The fourth-order valence-electron chi connectivity index (χ4n) is 3.50. The van der Waals surface area contributed by atoms with Crippen LogP contribution >= 0.6 is 0 Å². The first-order valence-electron chi connectivity index (χ1n) is 7.27. The van der Waals surface area contributed by atoms with Crippen molar-refractivity contribution < 1.29 is 5.11 Å². The molecule has 100 valence electrons. The summed E-state index contributed by atoms with van der Waals surface area (Å²) >= 11 is 0. The smallest absolute Gasteiger partial charge is 0.0774 e. The van der Waals surface area contributed by atoms with Crippen LogP contribution in [0.3, 0.4) is 0 Å². The van der Waals surface area contributed by atoms with E-state index in [0.29, 0.717) is 12.1 Å². The third-order valence-electron chi connectivity index (χ3n) is 4.69. The molecule has 3 N–H and O–H groups in total. The van der Waals surface area contributed by atoms with Gasteiger partial charge in [-0.15, -0.1) is 0 Å². The van der Waals surface area contributed by atoms with Crippen LogP contribution in [0.15, 0.2) is 0 Å². The molecule has 0 spiro atoms. The van der Waals surface area contributed by atoms with E-state index in [0.717, 1.165) is 32.2 Å². The number of nitrogens with two attached hydrogens (primary N) is 1. The molecule has 0 bridgehead atoms. The van der Waals surface area contributed by atoms with Crippen LogP contribution in [-0.2, 0) is 0 Å². The normalized spacial score (nSPS) is 33.9. The summed E-state index contributed by atoms with van der Waals surface area (Å²) in [6.07, 6.45) is 10.4. The van der Waals surface area contributed by atoms with E-state index in [1.54, 1.807) is 0 Å². The quantitative estimate of drug-likeness (QED) is 0.792. The van der Waals surface area contributed by atoms with Crippen molar-refractivity contribution >= 4 is 0 Å². The maximum absolute atomic E-state index is 10.6. The predicted molar refractivity (Wildman–Crippen MR) is 70.9 cm³/mol. The van der Waals surface area contributed by atoms with E-state index in [-0.39, 0.29) is 0 Å². The Morgan fingerprint density at radius 2 is 1.71 bits per heavy atom. The Morgan fingerprint density at radius 1 is 1.12 bits per heavy atom. The molecule has 0 saturated heterocycles. The van der Waals surface area contributed by atoms with E-state index >= 15 is 0 Å². The molecule has 0 amide bonds. The second kappa shape index (κ2) is 5.68. The molecule has 2 rings (SSSR count). The Labute approximate surface area is 105 Å². The molecular formula is C14H28N2O. The van der Waals surface area contributed by atoms with Gasteiger partial charge in [0.15, 0.2) is 0 Å². The molecule has 0 radical (unpaired) electrons. The van der Waals surface area contributed by atoms with Crippen molar-refractivity contribution in [2.75, 3.05) is 13.6 Å². The molecule has 2 aliphatic rings. The van der Waals surface area contributed by atoms with Gasteiger partial charge in [-0.2, -0.15) is 0 Å². The highest BCUT2D eigenvalue weighted by atomic mass is 16.3. The van der Waals surface area contributed by atoms with Gasteiger partial charge < -0.3 is 15.7 Å². The number of hydrogen-bond donors (Lipinski definition) is 2. The number of rotatable bonds is 3. The summed E-state index contributed by atoms with van der Waals surface area (Å²) in [7, 11) is 2.17. The van der Waals surface area contributed by atoms with Gasteiger partial charge in [0.05, 0.1) is 5.60 Å². The number of likely N-dealkylation sites (N-methyl/N-ethyl adjacent to an activating group) is 1. The van der Waals surface area contributed by atoms with E-state index in [1.807, 2.05) is 0 Å². The molecule has 3 nitrogen and oxygen atoms in total. The third-order valence-corrected chi connectivity index (χ3v) is 4.69. The average molecular weight is 240 g/mol. The van der Waals surface area contributed by atoms with Crippen molar-refractivity contribution in [2.24, 2.45) is 5.73 Å². The largest absolute Gasteiger partial charge is 0.389 e. The number of hydrogen-bond acceptors (Lipinski definition) is 3. The van der Waals surface area contributed by atoms with Gasteiger partial charge in [0.25, 0.3) is 0 Å². The summed E-state index contributed by atoms with van der Waals surface area (Å²) in [4.78, 5) is 2.39. The lowest BCUT2D eigenvalue weighted by Crippen LogP contribution is -2.48. The van der Waals surface area contributed by atoms with Crippen molar-refractivity contribution in [1.82, 2.24) is 4.90 Å². The van der Waals surface area contributed by atoms with Crippen molar-refractivity contribution in [1.29, 1.82) is 0 Å². The van der Waals surface area contributed by atoms with Crippen molar-refractivity contribution in [2.45, 2.75) is 75.5 Å². The average Bonchev–Trinajstić information content (AvgIpc) is 2.30. The summed E-state index contributed by atoms with van der Waals surface area (Å²) in [6.45, 7) is 0.854. The number of nitrogens with zero attached hydrogens (tertiary/aromatic N) is 1. The number of aliphatic hydroxyl groups is 1. The van der Waals surface area contributed by atoms with Crippen LogP contribution in [0, 0.1) is 0 Å². The summed E-state index contributed by atoms with van der Waals surface area (Å²) in [5.74, 6) is 0. The first kappa shape index (κ1) is 13.3. The zero-order valence-electron chi connectivity index (χ0n) is 11.2. The lowest BCUT2D eigenvalue weighted by Gasteiger charge is -2.40. The highest BCUT2D eigenvalue weighted by molar-refractivity contribution is 4.88. The van der Waals surface area contributed by atoms with Crippen LogP contribution < -0.4 is 5.73 Å². The first-order valence-corrected chi connectivity index (χ1v) is 7.27. The Bertz CT molecular complexity index is 230. The summed E-state index contributed by atoms with van der Waals surface area (Å²) in [5.41, 5.74) is 5.53. The molecule has 0 unspecified atom stereocenters. The Hall–Kier alpha value is -0.120. The van der Waals surface area contributed by atoms with Gasteiger partial charge in [-0.25, -0.2) is 0 Å². The molecule has 17 heavy (non-hydrogen) atoms. The molecule has 0 aromatic heterocycles. The first-order chi connectivity index (χ1) is 8.09. The molecule has 2 saturated carbocycles. The summed E-state index contributed by atoms with van der Waals surface area (Å²) in [5, 5.41) is 10.6. The van der Waals surface area contributed by atoms with Crippen molar-refractivity contribution in [3.05, 3.63) is 0 Å². The van der Waals surface area contributed by atoms with Gasteiger partial charge in [0.2, 0.25) is 0 Å². The van der Waals surface area contributed by atoms with Crippen LogP contribution in [0.4, 0.5) is 0 Å². The van der Waals surface area contributed by atoms with Crippen LogP contribution in [0.1, 0.15) is 57.8 Å². The van der Waals surface area contributed by atoms with Gasteiger partial charge in [0, 0.05) is 18.6 Å². The lowest BCUT2D eigenvalue weighted by molar-refractivity contribution is -0.0326. The molecule has 3 heteroatoms. The monoisotopic (exact) mass is 240 g/mol. The topological polar surface area (TPSA) is 49.5 Å². The Morgan fingerprint density at radius 3 is 2.29 bits per heavy atom. The minimum Gasteiger partial charge on any atom is -0.389 e. The van der Waals surface area contributed by atoms with Gasteiger partial charge in [-0.05, 0) is 45.6 Å². The van der Waals surface area contributed by atoms with Gasteiger partial charge >= 0.3 is 0 Å². The van der Waals surface area contributed by atoms with Crippen LogP contribution in [0.25, 0.3) is 0 Å². The van der Waals surface area contributed by atoms with Crippen LogP contribution in [0.2, 0.25) is 0 Å². The second-order valence-electron chi connectivity index (χ2n) is 6.27.